The summed E-state index contributed by atoms with van der Waals surface area (Å²) in [5.41, 5.74) is 1.97. The predicted molar refractivity (Wildman–Crippen MR) is 162 cm³/mol. The number of thiazole rings is 1. The van der Waals surface area contributed by atoms with E-state index in [1.54, 1.807) is 49.4 Å². The Morgan fingerprint density at radius 1 is 0.953 bits per heavy atom. The van der Waals surface area contributed by atoms with Crippen LogP contribution in [0.4, 0.5) is 11.4 Å². The van der Waals surface area contributed by atoms with Crippen LogP contribution >= 0.6 is 23.1 Å². The molecule has 3 heterocycles. The number of fused-ring (bicyclic) bond motifs is 2. The van der Waals surface area contributed by atoms with Crippen LogP contribution in [0.3, 0.4) is 0 Å². The van der Waals surface area contributed by atoms with Crippen molar-refractivity contribution in [2.24, 2.45) is 5.92 Å². The molecule has 43 heavy (non-hydrogen) atoms. The summed E-state index contributed by atoms with van der Waals surface area (Å²) in [4.78, 5) is 68.9. The third-order valence-electron chi connectivity index (χ3n) is 7.11. The average molecular weight is 616 g/mol. The van der Waals surface area contributed by atoms with Crippen LogP contribution < -0.4 is 19.8 Å². The molecule has 10 nitrogen and oxygen atoms in total. The molecule has 3 amide bonds. The van der Waals surface area contributed by atoms with Crippen LogP contribution in [0.15, 0.2) is 88.7 Å². The third kappa shape index (κ3) is 5.58. The molecule has 3 atom stereocenters. The number of aromatic amines is 1. The number of nitrogens with one attached hydrogen (secondary N) is 2. The standard InChI is InChI=1S/C31H25N3O7S2/c1-2-40-30(38)17-11-13-20(14-12-17)34-28(36)24-23(25-27(33-31(39)43-25)42-26(24)29(34)37)18-7-6-10-21(15-18)41-16-22(35)32-19-8-4-3-5-9-19/h3-15,23-24,26H,2,16H2,1H3,(H,32,35)(H,33,39)/t23-,24?,26?/m1/s1. The van der Waals surface area contributed by atoms with Crippen LogP contribution in [0.2, 0.25) is 0 Å². The summed E-state index contributed by atoms with van der Waals surface area (Å²) in [5, 5.41) is 2.54. The molecule has 218 valence electrons. The average Bonchev–Trinajstić information content (AvgIpc) is 3.50. The third-order valence-corrected chi connectivity index (χ3v) is 9.51. The second-order valence-corrected chi connectivity index (χ2v) is 12.0. The van der Waals surface area contributed by atoms with Crippen molar-refractivity contribution in [3.63, 3.8) is 0 Å². The van der Waals surface area contributed by atoms with Gasteiger partial charge in [0, 0.05) is 16.5 Å². The Morgan fingerprint density at radius 2 is 1.72 bits per heavy atom. The molecule has 0 spiro atoms. The van der Waals surface area contributed by atoms with Gasteiger partial charge >= 0.3 is 10.8 Å². The van der Waals surface area contributed by atoms with Crippen molar-refractivity contribution < 1.29 is 28.7 Å². The van der Waals surface area contributed by atoms with Crippen molar-refractivity contribution in [3.8, 4) is 5.75 Å². The van der Waals surface area contributed by atoms with E-state index in [0.717, 1.165) is 16.2 Å². The van der Waals surface area contributed by atoms with Crippen LogP contribution in [0.25, 0.3) is 0 Å². The van der Waals surface area contributed by atoms with Gasteiger partial charge in [0.1, 0.15) is 11.0 Å². The molecule has 6 rings (SSSR count). The van der Waals surface area contributed by atoms with Gasteiger partial charge in [0.2, 0.25) is 11.8 Å². The fourth-order valence-electron chi connectivity index (χ4n) is 5.26. The Balaban J connectivity index is 1.28. The van der Waals surface area contributed by atoms with E-state index in [1.807, 2.05) is 24.3 Å². The minimum atomic E-state index is -0.794. The molecule has 12 heteroatoms. The lowest BCUT2D eigenvalue weighted by Gasteiger charge is -2.30. The Morgan fingerprint density at radius 3 is 2.47 bits per heavy atom. The number of anilines is 2. The van der Waals surface area contributed by atoms with Crippen molar-refractivity contribution in [2.45, 2.75) is 23.1 Å². The number of rotatable bonds is 8. The molecule has 2 N–H and O–H groups in total. The largest absolute Gasteiger partial charge is 0.484 e. The van der Waals surface area contributed by atoms with Gasteiger partial charge in [-0.15, -0.1) is 0 Å². The number of para-hydroxylation sites is 1. The SMILES string of the molecule is CCOC(=O)c1ccc(N2C(=O)C3Sc4[nH]c(=O)sc4[C@H](c4cccc(OCC(=O)Nc5ccccc5)c4)C3C2=O)cc1. The van der Waals surface area contributed by atoms with Gasteiger partial charge in [-0.2, -0.15) is 0 Å². The Hall–Kier alpha value is -4.68. The summed E-state index contributed by atoms with van der Waals surface area (Å²) in [6.07, 6.45) is 0. The number of carbonyl (C=O) groups excluding carboxylic acids is 4. The number of esters is 1. The lowest BCUT2D eigenvalue weighted by Crippen LogP contribution is -2.32. The lowest BCUT2D eigenvalue weighted by atomic mass is 9.83. The van der Waals surface area contributed by atoms with Crippen molar-refractivity contribution in [3.05, 3.63) is 105 Å². The molecule has 0 saturated carbocycles. The van der Waals surface area contributed by atoms with Gasteiger partial charge in [-0.3, -0.25) is 19.2 Å². The van der Waals surface area contributed by atoms with E-state index in [0.29, 0.717) is 38.2 Å². The van der Waals surface area contributed by atoms with Gasteiger partial charge < -0.3 is 19.8 Å². The summed E-state index contributed by atoms with van der Waals surface area (Å²) in [7, 11) is 0. The smallest absolute Gasteiger partial charge is 0.338 e. The van der Waals surface area contributed by atoms with Crippen LogP contribution in [0.1, 0.15) is 33.6 Å². The van der Waals surface area contributed by atoms with E-state index in [2.05, 4.69) is 10.3 Å². The zero-order valence-corrected chi connectivity index (χ0v) is 24.4. The van der Waals surface area contributed by atoms with E-state index in [9.17, 15) is 24.0 Å². The summed E-state index contributed by atoms with van der Waals surface area (Å²) in [6, 6.07) is 22.1. The maximum absolute atomic E-state index is 14.0. The second-order valence-electron chi connectivity index (χ2n) is 9.80. The normalized spacial score (nSPS) is 19.0. The number of hydrogen-bond donors (Lipinski definition) is 2. The van der Waals surface area contributed by atoms with Crippen LogP contribution in [-0.4, -0.2) is 47.1 Å². The summed E-state index contributed by atoms with van der Waals surface area (Å²) < 4.78 is 10.8. The van der Waals surface area contributed by atoms with E-state index in [4.69, 9.17) is 9.47 Å². The highest BCUT2D eigenvalue weighted by Gasteiger charge is 2.56. The first-order chi connectivity index (χ1) is 20.8. The highest BCUT2D eigenvalue weighted by atomic mass is 32.2. The van der Waals surface area contributed by atoms with Crippen molar-refractivity contribution >= 4 is 58.2 Å². The molecule has 2 aliphatic rings. The molecule has 2 unspecified atom stereocenters. The molecule has 3 aromatic carbocycles. The number of nitrogens with zero attached hydrogens (tertiary/aromatic N) is 1. The molecule has 0 radical (unpaired) electrons. The number of hydrogen-bond acceptors (Lipinski definition) is 9. The van der Waals surface area contributed by atoms with Gasteiger partial charge in [0.15, 0.2) is 6.61 Å². The molecule has 1 saturated heterocycles. The molecule has 0 bridgehead atoms. The molecule has 1 fully saturated rings. The van der Waals surface area contributed by atoms with E-state index in [-0.39, 0.29) is 24.0 Å². The monoisotopic (exact) mass is 615 g/mol. The van der Waals surface area contributed by atoms with Gasteiger partial charge in [0.25, 0.3) is 5.91 Å². The first-order valence-electron chi connectivity index (χ1n) is 13.5. The number of amides is 3. The quantitative estimate of drug-likeness (QED) is 0.220. The van der Waals surface area contributed by atoms with Crippen LogP contribution in [0, 0.1) is 5.92 Å². The minimum absolute atomic E-state index is 0.227. The topological polar surface area (TPSA) is 135 Å². The zero-order chi connectivity index (χ0) is 30.1. The molecule has 1 aromatic heterocycles. The van der Waals surface area contributed by atoms with Crippen molar-refractivity contribution in [1.29, 1.82) is 0 Å². The maximum Gasteiger partial charge on any atom is 0.338 e. The van der Waals surface area contributed by atoms with E-state index < -0.39 is 34.9 Å². The molecule has 2 aliphatic heterocycles. The first kappa shape index (κ1) is 28.4. The van der Waals surface area contributed by atoms with Gasteiger partial charge in [-0.05, 0) is 61.0 Å². The second kappa shape index (κ2) is 11.9. The van der Waals surface area contributed by atoms with Gasteiger partial charge in [-0.25, -0.2) is 9.69 Å². The summed E-state index contributed by atoms with van der Waals surface area (Å²) in [6.45, 7) is 1.70. The molecule has 4 aromatic rings. The van der Waals surface area contributed by atoms with Crippen molar-refractivity contribution in [2.75, 3.05) is 23.4 Å². The Bertz CT molecular complexity index is 1770. The Kier molecular flexibility index (Phi) is 7.87. The highest BCUT2D eigenvalue weighted by Crippen LogP contribution is 2.53. The molecular formula is C31H25N3O7S2. The fourth-order valence-corrected chi connectivity index (χ4v) is 7.77. The number of carbonyl (C=O) groups is 4. The number of thioether (sulfide) groups is 1. The zero-order valence-electron chi connectivity index (χ0n) is 22.8. The van der Waals surface area contributed by atoms with Crippen molar-refractivity contribution in [1.82, 2.24) is 4.98 Å². The summed E-state index contributed by atoms with van der Waals surface area (Å²) in [5.74, 6) is -2.63. The minimum Gasteiger partial charge on any atom is -0.484 e. The number of ether oxygens (including phenoxy) is 2. The maximum atomic E-state index is 14.0. The van der Waals surface area contributed by atoms with Crippen LogP contribution in [-0.2, 0) is 19.1 Å². The van der Waals surface area contributed by atoms with E-state index >= 15 is 0 Å². The summed E-state index contributed by atoms with van der Waals surface area (Å²) >= 11 is 2.18. The van der Waals surface area contributed by atoms with Gasteiger partial charge in [-0.1, -0.05) is 53.4 Å². The molecular weight excluding hydrogens is 590 g/mol. The Labute approximate surface area is 254 Å². The first-order valence-corrected chi connectivity index (χ1v) is 15.2. The number of benzene rings is 3. The predicted octanol–water partition coefficient (Wildman–Crippen LogP) is 4.43. The van der Waals surface area contributed by atoms with Gasteiger partial charge in [0.05, 0.1) is 28.8 Å². The number of imide groups is 1. The van der Waals surface area contributed by atoms with E-state index in [1.165, 1.54) is 23.9 Å². The number of aromatic nitrogens is 1. The number of H-pyrrole nitrogens is 1. The van der Waals surface area contributed by atoms with Crippen LogP contribution in [0.5, 0.6) is 5.75 Å². The molecule has 0 aliphatic carbocycles. The fraction of sp³-hybridized carbons (Fsp3) is 0.194. The lowest BCUT2D eigenvalue weighted by molar-refractivity contribution is -0.122. The highest BCUT2D eigenvalue weighted by molar-refractivity contribution is 8.00.